The molecule has 0 radical (unpaired) electrons. The zero-order chi connectivity index (χ0) is 13.5. The van der Waals surface area contributed by atoms with E-state index in [0.717, 1.165) is 12.2 Å². The fraction of sp³-hybridized carbons (Fsp3) is 0.250. The Morgan fingerprint density at radius 3 is 2.74 bits per heavy atom. The highest BCUT2D eigenvalue weighted by atomic mass is 19.1. The third-order valence-corrected chi connectivity index (χ3v) is 2.77. The maximum absolute atomic E-state index is 13.3. The summed E-state index contributed by atoms with van der Waals surface area (Å²) in [5.41, 5.74) is 1.72. The molecule has 0 unspecified atom stereocenters. The third kappa shape index (κ3) is 4.28. The van der Waals surface area contributed by atoms with Gasteiger partial charge in [-0.25, -0.2) is 4.39 Å². The van der Waals surface area contributed by atoms with Crippen molar-refractivity contribution in [1.29, 1.82) is 0 Å². The van der Waals surface area contributed by atoms with Crippen molar-refractivity contribution in [3.63, 3.8) is 0 Å². The predicted molar refractivity (Wildman–Crippen MR) is 76.2 cm³/mol. The van der Waals surface area contributed by atoms with Gasteiger partial charge in [-0.05, 0) is 43.2 Å². The number of ether oxygens (including phenoxy) is 1. The maximum Gasteiger partial charge on any atom is 0.146 e. The molecule has 0 aliphatic carbocycles. The molecule has 0 saturated heterocycles. The molecule has 2 nitrogen and oxygen atoms in total. The van der Waals surface area contributed by atoms with Crippen molar-refractivity contribution in [2.75, 3.05) is 18.5 Å². The molecule has 0 bridgehead atoms. The molecular weight excluding hydrogens is 241 g/mol. The van der Waals surface area contributed by atoms with Crippen LogP contribution in [0.5, 0.6) is 5.75 Å². The lowest BCUT2D eigenvalue weighted by Gasteiger charge is -2.09. The van der Waals surface area contributed by atoms with Crippen LogP contribution >= 0.6 is 0 Å². The fourth-order valence-corrected chi connectivity index (χ4v) is 1.79. The van der Waals surface area contributed by atoms with E-state index < -0.39 is 0 Å². The summed E-state index contributed by atoms with van der Waals surface area (Å²) < 4.78 is 18.9. The van der Waals surface area contributed by atoms with Crippen molar-refractivity contribution in [3.8, 4) is 5.75 Å². The molecule has 2 rings (SSSR count). The van der Waals surface area contributed by atoms with Crippen molar-refractivity contribution in [2.24, 2.45) is 0 Å². The van der Waals surface area contributed by atoms with Crippen LogP contribution in [0.15, 0.2) is 48.5 Å². The van der Waals surface area contributed by atoms with E-state index in [1.54, 1.807) is 12.1 Å². The quantitative estimate of drug-likeness (QED) is 0.791. The minimum atomic E-state index is -0.220. The van der Waals surface area contributed by atoms with E-state index >= 15 is 0 Å². The lowest BCUT2D eigenvalue weighted by atomic mass is 10.2. The van der Waals surface area contributed by atoms with Gasteiger partial charge in [0, 0.05) is 6.54 Å². The van der Waals surface area contributed by atoms with Crippen LogP contribution in [0.3, 0.4) is 0 Å². The standard InChI is InChI=1S/C16H18FNO/c1-13-6-4-7-14(12-13)19-11-5-10-18-16-9-3-2-8-15(16)17/h2-4,6-9,12,18H,5,10-11H2,1H3. The van der Waals surface area contributed by atoms with Crippen LogP contribution in [0, 0.1) is 12.7 Å². The molecule has 19 heavy (non-hydrogen) atoms. The maximum atomic E-state index is 13.3. The molecule has 0 aromatic heterocycles. The average Bonchev–Trinajstić information content (AvgIpc) is 2.40. The number of hydrogen-bond donors (Lipinski definition) is 1. The summed E-state index contributed by atoms with van der Waals surface area (Å²) in [6.07, 6.45) is 0.822. The predicted octanol–water partition coefficient (Wildman–Crippen LogP) is 4.02. The van der Waals surface area contributed by atoms with E-state index in [0.29, 0.717) is 18.8 Å². The second-order valence-corrected chi connectivity index (χ2v) is 4.43. The Balaban J connectivity index is 1.69. The molecule has 0 fully saturated rings. The molecule has 1 N–H and O–H groups in total. The van der Waals surface area contributed by atoms with Gasteiger partial charge in [-0.2, -0.15) is 0 Å². The first-order valence-corrected chi connectivity index (χ1v) is 6.43. The van der Waals surface area contributed by atoms with Crippen molar-refractivity contribution < 1.29 is 9.13 Å². The van der Waals surface area contributed by atoms with Crippen LogP contribution in [-0.4, -0.2) is 13.2 Å². The van der Waals surface area contributed by atoms with E-state index in [9.17, 15) is 4.39 Å². The van der Waals surface area contributed by atoms with Gasteiger partial charge in [0.2, 0.25) is 0 Å². The lowest BCUT2D eigenvalue weighted by molar-refractivity contribution is 0.315. The van der Waals surface area contributed by atoms with E-state index in [2.05, 4.69) is 5.32 Å². The number of halogens is 1. The van der Waals surface area contributed by atoms with Crippen LogP contribution in [-0.2, 0) is 0 Å². The van der Waals surface area contributed by atoms with Crippen LogP contribution in [0.25, 0.3) is 0 Å². The average molecular weight is 259 g/mol. The minimum Gasteiger partial charge on any atom is -0.494 e. The van der Waals surface area contributed by atoms with Gasteiger partial charge in [0.05, 0.1) is 12.3 Å². The summed E-state index contributed by atoms with van der Waals surface area (Å²) in [4.78, 5) is 0. The SMILES string of the molecule is Cc1cccc(OCCCNc2ccccc2F)c1. The smallest absolute Gasteiger partial charge is 0.146 e. The zero-order valence-electron chi connectivity index (χ0n) is 11.0. The van der Waals surface area contributed by atoms with E-state index in [1.807, 2.05) is 37.3 Å². The topological polar surface area (TPSA) is 21.3 Å². The molecular formula is C16H18FNO. The third-order valence-electron chi connectivity index (χ3n) is 2.77. The van der Waals surface area contributed by atoms with Gasteiger partial charge in [0.25, 0.3) is 0 Å². The number of anilines is 1. The first-order valence-electron chi connectivity index (χ1n) is 6.43. The molecule has 0 aliphatic rings. The van der Waals surface area contributed by atoms with Gasteiger partial charge in [-0.3, -0.25) is 0 Å². The van der Waals surface area contributed by atoms with Gasteiger partial charge in [-0.1, -0.05) is 24.3 Å². The highest BCUT2D eigenvalue weighted by molar-refractivity contribution is 5.44. The molecule has 2 aromatic rings. The number of rotatable bonds is 6. The minimum absolute atomic E-state index is 0.220. The molecule has 0 saturated carbocycles. The Labute approximate surface area is 113 Å². The Kier molecular flexibility index (Phi) is 4.78. The fourth-order valence-electron chi connectivity index (χ4n) is 1.79. The first-order chi connectivity index (χ1) is 9.25. The number of hydrogen-bond acceptors (Lipinski definition) is 2. The largest absolute Gasteiger partial charge is 0.494 e. The van der Waals surface area contributed by atoms with Gasteiger partial charge in [0.15, 0.2) is 0 Å². The second-order valence-electron chi connectivity index (χ2n) is 4.43. The Morgan fingerprint density at radius 2 is 1.95 bits per heavy atom. The first kappa shape index (κ1) is 13.4. The number of aryl methyl sites for hydroxylation is 1. The van der Waals surface area contributed by atoms with Gasteiger partial charge < -0.3 is 10.1 Å². The number of para-hydroxylation sites is 1. The summed E-state index contributed by atoms with van der Waals surface area (Å²) in [6.45, 7) is 3.34. The van der Waals surface area contributed by atoms with Gasteiger partial charge >= 0.3 is 0 Å². The van der Waals surface area contributed by atoms with E-state index in [1.165, 1.54) is 11.6 Å². The normalized spacial score (nSPS) is 10.2. The van der Waals surface area contributed by atoms with Crippen LogP contribution in [0.4, 0.5) is 10.1 Å². The summed E-state index contributed by atoms with van der Waals surface area (Å²) in [7, 11) is 0. The molecule has 0 aliphatic heterocycles. The molecule has 100 valence electrons. The lowest BCUT2D eigenvalue weighted by Crippen LogP contribution is -2.08. The summed E-state index contributed by atoms with van der Waals surface area (Å²) in [5, 5.41) is 3.06. The highest BCUT2D eigenvalue weighted by Crippen LogP contribution is 2.13. The van der Waals surface area contributed by atoms with Gasteiger partial charge in [0.1, 0.15) is 11.6 Å². The summed E-state index contributed by atoms with van der Waals surface area (Å²) in [5.74, 6) is 0.660. The van der Waals surface area contributed by atoms with Crippen molar-refractivity contribution in [3.05, 3.63) is 59.9 Å². The Bertz CT molecular complexity index is 528. The van der Waals surface area contributed by atoms with Crippen molar-refractivity contribution >= 4 is 5.69 Å². The molecule has 0 atom stereocenters. The monoisotopic (exact) mass is 259 g/mol. The Morgan fingerprint density at radius 1 is 1.11 bits per heavy atom. The van der Waals surface area contributed by atoms with E-state index in [-0.39, 0.29) is 5.82 Å². The summed E-state index contributed by atoms with van der Waals surface area (Å²) >= 11 is 0. The zero-order valence-corrected chi connectivity index (χ0v) is 11.0. The summed E-state index contributed by atoms with van der Waals surface area (Å²) in [6, 6.07) is 14.6. The van der Waals surface area contributed by atoms with Crippen LogP contribution in [0.2, 0.25) is 0 Å². The van der Waals surface area contributed by atoms with E-state index in [4.69, 9.17) is 4.74 Å². The van der Waals surface area contributed by atoms with Crippen LogP contribution < -0.4 is 10.1 Å². The molecule has 0 spiro atoms. The van der Waals surface area contributed by atoms with Crippen molar-refractivity contribution in [2.45, 2.75) is 13.3 Å². The van der Waals surface area contributed by atoms with Gasteiger partial charge in [-0.15, -0.1) is 0 Å². The highest BCUT2D eigenvalue weighted by Gasteiger charge is 1.99. The molecule has 0 amide bonds. The molecule has 2 aromatic carbocycles. The Hall–Kier alpha value is -2.03. The molecule has 0 heterocycles. The number of nitrogens with one attached hydrogen (secondary N) is 1. The van der Waals surface area contributed by atoms with Crippen LogP contribution in [0.1, 0.15) is 12.0 Å². The molecule has 3 heteroatoms. The number of benzene rings is 2. The van der Waals surface area contributed by atoms with Crippen molar-refractivity contribution in [1.82, 2.24) is 0 Å². The second kappa shape index (κ2) is 6.78.